The molecule has 102 valence electrons. The summed E-state index contributed by atoms with van der Waals surface area (Å²) in [7, 11) is -3.93. The van der Waals surface area contributed by atoms with Gasteiger partial charge in [0, 0.05) is 13.0 Å². The predicted molar refractivity (Wildman–Crippen MR) is 58.7 cm³/mol. The number of β-amino-alcohol motifs (C(OH)–C–C–N with tert-alkyl or cyclic N) is 1. The van der Waals surface area contributed by atoms with Crippen LogP contribution in [0, 0.1) is 0 Å². The summed E-state index contributed by atoms with van der Waals surface area (Å²) in [5, 5.41) is 11.0. The summed E-state index contributed by atoms with van der Waals surface area (Å²) in [4.78, 5) is 0. The third kappa shape index (κ3) is 2.15. The summed E-state index contributed by atoms with van der Waals surface area (Å²) in [6.07, 6.45) is -5.46. The van der Waals surface area contributed by atoms with Crippen LogP contribution in [0.3, 0.4) is 0 Å². The lowest BCUT2D eigenvalue weighted by Crippen LogP contribution is -2.47. The second-order valence-corrected chi connectivity index (χ2v) is 7.16. The van der Waals surface area contributed by atoms with E-state index in [1.54, 1.807) is 0 Å². The van der Waals surface area contributed by atoms with E-state index in [1.165, 1.54) is 17.5 Å². The Morgan fingerprint density at radius 3 is 2.56 bits per heavy atom. The SMILES string of the molecule is O=S(=O)(c1cccs1)N1CCC(O)(C(F)(F)F)C1. The first-order chi connectivity index (χ1) is 8.17. The highest BCUT2D eigenvalue weighted by Crippen LogP contribution is 2.39. The smallest absolute Gasteiger partial charge is 0.379 e. The Kier molecular flexibility index (Phi) is 3.21. The summed E-state index contributed by atoms with van der Waals surface area (Å²) in [5.41, 5.74) is -2.95. The van der Waals surface area contributed by atoms with Crippen molar-refractivity contribution in [3.05, 3.63) is 17.5 Å². The van der Waals surface area contributed by atoms with E-state index in [0.29, 0.717) is 4.31 Å². The van der Waals surface area contributed by atoms with E-state index in [-0.39, 0.29) is 10.8 Å². The van der Waals surface area contributed by atoms with Gasteiger partial charge in [-0.1, -0.05) is 6.07 Å². The van der Waals surface area contributed by atoms with Gasteiger partial charge in [-0.15, -0.1) is 11.3 Å². The number of nitrogens with zero attached hydrogens (tertiary/aromatic N) is 1. The molecular formula is C9H10F3NO3S2. The van der Waals surface area contributed by atoms with Gasteiger partial charge in [-0.2, -0.15) is 17.5 Å². The molecule has 0 spiro atoms. The Bertz CT molecular complexity index is 526. The first kappa shape index (κ1) is 13.8. The van der Waals surface area contributed by atoms with Gasteiger partial charge in [0.1, 0.15) is 4.21 Å². The molecule has 1 aliphatic heterocycles. The highest BCUT2D eigenvalue weighted by atomic mass is 32.2. The third-order valence-electron chi connectivity index (χ3n) is 2.83. The second-order valence-electron chi connectivity index (χ2n) is 4.05. The molecule has 1 atom stereocenters. The quantitative estimate of drug-likeness (QED) is 0.899. The lowest BCUT2D eigenvalue weighted by Gasteiger charge is -2.25. The molecule has 1 unspecified atom stereocenters. The Labute approximate surface area is 106 Å². The molecule has 0 bridgehead atoms. The molecule has 0 radical (unpaired) electrons. The molecule has 9 heteroatoms. The summed E-state index contributed by atoms with van der Waals surface area (Å²) in [5.74, 6) is 0. The summed E-state index contributed by atoms with van der Waals surface area (Å²) in [6.45, 7) is -1.28. The largest absolute Gasteiger partial charge is 0.418 e. The maximum atomic E-state index is 12.6. The molecule has 1 saturated heterocycles. The Morgan fingerprint density at radius 2 is 2.11 bits per heavy atom. The van der Waals surface area contributed by atoms with E-state index >= 15 is 0 Å². The maximum absolute atomic E-state index is 12.6. The molecule has 18 heavy (non-hydrogen) atoms. The van der Waals surface area contributed by atoms with Crippen molar-refractivity contribution >= 4 is 21.4 Å². The number of hydrogen-bond donors (Lipinski definition) is 1. The molecule has 2 heterocycles. The normalized spacial score (nSPS) is 26.7. The van der Waals surface area contributed by atoms with E-state index in [0.717, 1.165) is 11.3 Å². The maximum Gasteiger partial charge on any atom is 0.418 e. The molecule has 4 nitrogen and oxygen atoms in total. The zero-order chi connectivity index (χ0) is 13.6. The fourth-order valence-electron chi connectivity index (χ4n) is 1.73. The molecular weight excluding hydrogens is 291 g/mol. The van der Waals surface area contributed by atoms with Crippen LogP contribution in [0.4, 0.5) is 13.2 Å². The van der Waals surface area contributed by atoms with E-state index in [4.69, 9.17) is 0 Å². The van der Waals surface area contributed by atoms with Gasteiger partial charge in [-0.25, -0.2) is 8.42 Å². The van der Waals surface area contributed by atoms with Gasteiger partial charge >= 0.3 is 6.18 Å². The first-order valence-corrected chi connectivity index (χ1v) is 7.32. The van der Waals surface area contributed by atoms with E-state index in [1.807, 2.05) is 0 Å². The standard InChI is InChI=1S/C9H10F3NO3S2/c10-9(11,12)8(14)3-4-13(6-8)18(15,16)7-2-1-5-17-7/h1-2,5,14H,3-4,6H2. The van der Waals surface area contributed by atoms with E-state index in [9.17, 15) is 26.7 Å². The topological polar surface area (TPSA) is 57.6 Å². The van der Waals surface area contributed by atoms with Crippen LogP contribution >= 0.6 is 11.3 Å². The average molecular weight is 301 g/mol. The molecule has 0 aliphatic carbocycles. The zero-order valence-electron chi connectivity index (χ0n) is 9.01. The van der Waals surface area contributed by atoms with Crippen molar-refractivity contribution in [1.29, 1.82) is 0 Å². The molecule has 1 N–H and O–H groups in total. The van der Waals surface area contributed by atoms with Gasteiger partial charge in [0.25, 0.3) is 10.0 Å². The fraction of sp³-hybridized carbons (Fsp3) is 0.556. The predicted octanol–water partition coefficient (Wildman–Crippen LogP) is 1.44. The van der Waals surface area contributed by atoms with Crippen LogP contribution in [0.1, 0.15) is 6.42 Å². The number of sulfonamides is 1. The van der Waals surface area contributed by atoms with Gasteiger partial charge in [-0.05, 0) is 11.4 Å². The molecule has 2 rings (SSSR count). The first-order valence-electron chi connectivity index (χ1n) is 5.00. The lowest BCUT2D eigenvalue weighted by atomic mass is 10.0. The van der Waals surface area contributed by atoms with Crippen LogP contribution in [0.5, 0.6) is 0 Å². The summed E-state index contributed by atoms with van der Waals surface area (Å²) < 4.78 is 62.3. The number of rotatable bonds is 2. The van der Waals surface area contributed by atoms with Gasteiger partial charge in [0.2, 0.25) is 0 Å². The third-order valence-corrected chi connectivity index (χ3v) is 6.05. The second kappa shape index (κ2) is 4.19. The zero-order valence-corrected chi connectivity index (χ0v) is 10.6. The van der Waals surface area contributed by atoms with Crippen LogP contribution in [0.15, 0.2) is 21.7 Å². The van der Waals surface area contributed by atoms with Crippen molar-refractivity contribution in [3.8, 4) is 0 Å². The Morgan fingerprint density at radius 1 is 1.44 bits per heavy atom. The average Bonchev–Trinajstić information content (AvgIpc) is 2.84. The van der Waals surface area contributed by atoms with Crippen molar-refractivity contribution in [2.75, 3.05) is 13.1 Å². The minimum atomic E-state index is -4.83. The number of halogens is 3. The van der Waals surface area contributed by atoms with Crippen molar-refractivity contribution in [1.82, 2.24) is 4.31 Å². The minimum Gasteiger partial charge on any atom is -0.379 e. The van der Waals surface area contributed by atoms with Crippen LogP contribution in [-0.4, -0.2) is 42.7 Å². The van der Waals surface area contributed by atoms with Crippen molar-refractivity contribution < 1.29 is 26.7 Å². The van der Waals surface area contributed by atoms with Gasteiger partial charge in [0.15, 0.2) is 5.60 Å². The van der Waals surface area contributed by atoms with Gasteiger partial charge < -0.3 is 5.11 Å². The van der Waals surface area contributed by atoms with Crippen molar-refractivity contribution in [2.24, 2.45) is 0 Å². The highest BCUT2D eigenvalue weighted by Gasteiger charge is 2.58. The van der Waals surface area contributed by atoms with Gasteiger partial charge in [0.05, 0.1) is 6.54 Å². The molecule has 1 aromatic heterocycles. The van der Waals surface area contributed by atoms with Crippen molar-refractivity contribution in [3.63, 3.8) is 0 Å². The van der Waals surface area contributed by atoms with Crippen LogP contribution in [0.25, 0.3) is 0 Å². The van der Waals surface area contributed by atoms with Crippen LogP contribution in [0.2, 0.25) is 0 Å². The number of aliphatic hydroxyl groups is 1. The lowest BCUT2D eigenvalue weighted by molar-refractivity contribution is -0.252. The minimum absolute atomic E-state index is 0.0195. The number of thiophene rings is 1. The van der Waals surface area contributed by atoms with Crippen LogP contribution in [-0.2, 0) is 10.0 Å². The molecule has 1 fully saturated rings. The fourth-order valence-corrected chi connectivity index (χ4v) is 4.37. The van der Waals surface area contributed by atoms with Crippen LogP contribution < -0.4 is 0 Å². The molecule has 0 amide bonds. The molecule has 0 saturated carbocycles. The Hall–Kier alpha value is -0.640. The number of hydrogen-bond acceptors (Lipinski definition) is 4. The van der Waals surface area contributed by atoms with Gasteiger partial charge in [-0.3, -0.25) is 0 Å². The van der Waals surface area contributed by atoms with E-state index < -0.39 is 34.8 Å². The monoisotopic (exact) mass is 301 g/mol. The molecule has 1 aromatic rings. The van der Waals surface area contributed by atoms with E-state index in [2.05, 4.69) is 0 Å². The molecule has 1 aliphatic rings. The Balaban J connectivity index is 2.25. The summed E-state index contributed by atoms with van der Waals surface area (Å²) in [6, 6.07) is 2.83. The van der Waals surface area contributed by atoms with Crippen molar-refractivity contribution in [2.45, 2.75) is 22.4 Å². The number of alkyl halides is 3. The summed E-state index contributed by atoms with van der Waals surface area (Å²) >= 11 is 0.932. The molecule has 0 aromatic carbocycles. The highest BCUT2D eigenvalue weighted by molar-refractivity contribution is 7.91.